The monoisotopic (exact) mass is 317 g/mol. The lowest BCUT2D eigenvalue weighted by atomic mass is 9.97. The molecule has 0 aliphatic heterocycles. The SMILES string of the molecule is CC(C)(C#N)CNS(=O)(=O)c1cc([N+](=O)[O-])ccc1Cl. The van der Waals surface area contributed by atoms with Crippen molar-refractivity contribution in [2.75, 3.05) is 6.54 Å². The van der Waals surface area contributed by atoms with Crippen LogP contribution in [0.1, 0.15) is 13.8 Å². The van der Waals surface area contributed by atoms with Gasteiger partial charge >= 0.3 is 0 Å². The van der Waals surface area contributed by atoms with Crippen LogP contribution < -0.4 is 4.72 Å². The summed E-state index contributed by atoms with van der Waals surface area (Å²) in [4.78, 5) is 9.56. The number of nitrogens with one attached hydrogen (secondary N) is 1. The molecule has 0 fully saturated rings. The number of halogens is 1. The molecule has 0 saturated heterocycles. The van der Waals surface area contributed by atoms with Crippen molar-refractivity contribution in [1.29, 1.82) is 5.26 Å². The molecule has 0 spiro atoms. The maximum absolute atomic E-state index is 12.1. The molecule has 0 bridgehead atoms. The van der Waals surface area contributed by atoms with Gasteiger partial charge in [0.2, 0.25) is 10.0 Å². The minimum atomic E-state index is -4.03. The van der Waals surface area contributed by atoms with Gasteiger partial charge in [-0.15, -0.1) is 0 Å². The normalized spacial score (nSPS) is 11.9. The summed E-state index contributed by atoms with van der Waals surface area (Å²) in [5.41, 5.74) is -1.28. The molecule has 1 aromatic rings. The van der Waals surface area contributed by atoms with Gasteiger partial charge in [-0.3, -0.25) is 10.1 Å². The second-order valence-electron chi connectivity index (χ2n) is 4.69. The van der Waals surface area contributed by atoms with E-state index in [0.717, 1.165) is 18.2 Å². The Morgan fingerprint density at radius 2 is 2.10 bits per heavy atom. The molecule has 0 aliphatic carbocycles. The number of sulfonamides is 1. The molecule has 0 unspecified atom stereocenters. The first-order chi connectivity index (χ1) is 9.09. The van der Waals surface area contributed by atoms with Crippen LogP contribution in [0, 0.1) is 26.9 Å². The number of nitro groups is 1. The van der Waals surface area contributed by atoms with Crippen molar-refractivity contribution in [3.8, 4) is 6.07 Å². The number of nitriles is 1. The number of rotatable bonds is 5. The molecule has 0 aliphatic rings. The van der Waals surface area contributed by atoms with Gasteiger partial charge in [0.15, 0.2) is 0 Å². The van der Waals surface area contributed by atoms with Crippen LogP contribution in [0.5, 0.6) is 0 Å². The second-order valence-corrected chi connectivity index (χ2v) is 6.83. The number of nitrogens with zero attached hydrogens (tertiary/aromatic N) is 2. The Kier molecular flexibility index (Phi) is 4.70. The number of benzene rings is 1. The van der Waals surface area contributed by atoms with Gasteiger partial charge in [-0.2, -0.15) is 5.26 Å². The lowest BCUT2D eigenvalue weighted by molar-refractivity contribution is -0.385. The van der Waals surface area contributed by atoms with Crippen LogP contribution in [0.3, 0.4) is 0 Å². The van der Waals surface area contributed by atoms with Crippen LogP contribution in [-0.4, -0.2) is 19.9 Å². The van der Waals surface area contributed by atoms with Crippen LogP contribution in [0.2, 0.25) is 5.02 Å². The maximum atomic E-state index is 12.1. The van der Waals surface area contributed by atoms with E-state index in [1.807, 2.05) is 6.07 Å². The van der Waals surface area contributed by atoms with Crippen molar-refractivity contribution in [3.63, 3.8) is 0 Å². The molecule has 1 rings (SSSR count). The second kappa shape index (κ2) is 5.75. The highest BCUT2D eigenvalue weighted by molar-refractivity contribution is 7.89. The largest absolute Gasteiger partial charge is 0.270 e. The Morgan fingerprint density at radius 1 is 1.50 bits per heavy atom. The third-order valence-corrected chi connectivity index (χ3v) is 4.30. The number of hydrogen-bond donors (Lipinski definition) is 1. The van der Waals surface area contributed by atoms with Crippen LogP contribution in [0.4, 0.5) is 5.69 Å². The first kappa shape index (κ1) is 16.4. The molecular formula is C11H12ClN3O4S. The van der Waals surface area contributed by atoms with E-state index in [1.165, 1.54) is 0 Å². The van der Waals surface area contributed by atoms with Gasteiger partial charge in [0.05, 0.1) is 21.4 Å². The zero-order valence-corrected chi connectivity index (χ0v) is 12.3. The van der Waals surface area contributed by atoms with E-state index in [2.05, 4.69) is 4.72 Å². The predicted molar refractivity (Wildman–Crippen MR) is 72.7 cm³/mol. The molecule has 108 valence electrons. The maximum Gasteiger partial charge on any atom is 0.270 e. The average molecular weight is 318 g/mol. The third-order valence-electron chi connectivity index (χ3n) is 2.42. The Bertz CT molecular complexity index is 679. The summed E-state index contributed by atoms with van der Waals surface area (Å²) in [6.07, 6.45) is 0. The summed E-state index contributed by atoms with van der Waals surface area (Å²) in [6, 6.07) is 5.07. The van der Waals surface area contributed by atoms with E-state index < -0.39 is 20.4 Å². The molecule has 20 heavy (non-hydrogen) atoms. The summed E-state index contributed by atoms with van der Waals surface area (Å²) in [5, 5.41) is 19.4. The van der Waals surface area contributed by atoms with Gasteiger partial charge in [-0.1, -0.05) is 11.6 Å². The van der Waals surface area contributed by atoms with Crippen molar-refractivity contribution >= 4 is 27.3 Å². The van der Waals surface area contributed by atoms with Gasteiger partial charge in [0, 0.05) is 18.7 Å². The van der Waals surface area contributed by atoms with Crippen LogP contribution in [0.15, 0.2) is 23.1 Å². The highest BCUT2D eigenvalue weighted by atomic mass is 35.5. The highest BCUT2D eigenvalue weighted by Crippen LogP contribution is 2.26. The quantitative estimate of drug-likeness (QED) is 0.659. The average Bonchev–Trinajstić information content (AvgIpc) is 2.37. The summed E-state index contributed by atoms with van der Waals surface area (Å²) >= 11 is 5.76. The third kappa shape index (κ3) is 3.90. The molecule has 0 saturated carbocycles. The first-order valence-electron chi connectivity index (χ1n) is 5.44. The Balaban J connectivity index is 3.13. The zero-order valence-electron chi connectivity index (χ0n) is 10.8. The molecule has 9 heteroatoms. The lowest BCUT2D eigenvalue weighted by Crippen LogP contribution is -2.33. The molecule has 1 aromatic carbocycles. The Hall–Kier alpha value is -1.69. The van der Waals surface area contributed by atoms with E-state index in [1.54, 1.807) is 13.8 Å². The van der Waals surface area contributed by atoms with Crippen molar-refractivity contribution in [1.82, 2.24) is 4.72 Å². The van der Waals surface area contributed by atoms with Crippen LogP contribution >= 0.6 is 11.6 Å². The minimum Gasteiger partial charge on any atom is -0.258 e. The van der Waals surface area contributed by atoms with Crippen LogP contribution in [-0.2, 0) is 10.0 Å². The van der Waals surface area contributed by atoms with E-state index in [-0.39, 0.29) is 22.2 Å². The van der Waals surface area contributed by atoms with Crippen molar-refractivity contribution < 1.29 is 13.3 Å². The van der Waals surface area contributed by atoms with Gasteiger partial charge in [-0.25, -0.2) is 13.1 Å². The Morgan fingerprint density at radius 3 is 2.60 bits per heavy atom. The smallest absolute Gasteiger partial charge is 0.258 e. The molecule has 0 atom stereocenters. The first-order valence-corrected chi connectivity index (χ1v) is 7.30. The molecular weight excluding hydrogens is 306 g/mol. The zero-order chi connectivity index (χ0) is 15.6. The van der Waals surface area contributed by atoms with E-state index in [4.69, 9.17) is 16.9 Å². The number of non-ortho nitro benzene ring substituents is 1. The lowest BCUT2D eigenvalue weighted by Gasteiger charge is -2.16. The van der Waals surface area contributed by atoms with Crippen LogP contribution in [0.25, 0.3) is 0 Å². The van der Waals surface area contributed by atoms with E-state index >= 15 is 0 Å². The van der Waals surface area contributed by atoms with Crippen molar-refractivity contribution in [2.45, 2.75) is 18.7 Å². The molecule has 0 amide bonds. The predicted octanol–water partition coefficient (Wildman–Crippen LogP) is 2.08. The van der Waals surface area contributed by atoms with E-state index in [0.29, 0.717) is 0 Å². The fourth-order valence-corrected chi connectivity index (χ4v) is 2.93. The molecule has 7 nitrogen and oxygen atoms in total. The summed E-state index contributed by atoms with van der Waals surface area (Å²) in [7, 11) is -4.03. The molecule has 0 heterocycles. The van der Waals surface area contributed by atoms with Gasteiger partial charge in [0.25, 0.3) is 5.69 Å². The minimum absolute atomic E-state index is 0.127. The topological polar surface area (TPSA) is 113 Å². The highest BCUT2D eigenvalue weighted by Gasteiger charge is 2.25. The molecule has 1 N–H and O–H groups in total. The van der Waals surface area contributed by atoms with Crippen molar-refractivity contribution in [2.24, 2.45) is 5.41 Å². The number of nitro benzene ring substituents is 1. The number of hydrogen-bond acceptors (Lipinski definition) is 5. The van der Waals surface area contributed by atoms with Gasteiger partial charge < -0.3 is 0 Å². The fourth-order valence-electron chi connectivity index (χ4n) is 1.20. The summed E-state index contributed by atoms with van der Waals surface area (Å²) < 4.78 is 26.3. The van der Waals surface area contributed by atoms with Gasteiger partial charge in [0.1, 0.15) is 4.90 Å². The standard InChI is InChI=1S/C11H12ClN3O4S/c1-11(2,6-13)7-14-20(18,19)10-5-8(15(16)17)3-4-9(10)12/h3-5,14H,7H2,1-2H3. The van der Waals surface area contributed by atoms with E-state index in [9.17, 15) is 18.5 Å². The Labute approximate surface area is 121 Å². The summed E-state index contributed by atoms with van der Waals surface area (Å²) in [5.74, 6) is 0. The summed E-state index contributed by atoms with van der Waals surface area (Å²) in [6.45, 7) is 2.99. The molecule has 0 radical (unpaired) electrons. The fraction of sp³-hybridized carbons (Fsp3) is 0.364. The van der Waals surface area contributed by atoms with Crippen molar-refractivity contribution in [3.05, 3.63) is 33.3 Å². The van der Waals surface area contributed by atoms with Gasteiger partial charge in [-0.05, 0) is 19.9 Å². The molecule has 0 aromatic heterocycles.